The first-order valence-corrected chi connectivity index (χ1v) is 16.6. The molecule has 0 radical (unpaired) electrons. The largest absolute Gasteiger partial charge is 0.355 e. The number of fused-ring (bicyclic) bond motifs is 6. The van der Waals surface area contributed by atoms with Crippen molar-refractivity contribution in [2.24, 2.45) is 0 Å². The SMILES string of the molecule is CC(C)(c1ccccc1Nc1ccccc1)n1c2ccccc2c2cc(-c3ccc4c(c3)c3ccccc3n4-c3ccccc3)ccc21. The van der Waals surface area contributed by atoms with Crippen LogP contribution in [0.2, 0.25) is 0 Å². The van der Waals surface area contributed by atoms with E-state index < -0.39 is 0 Å². The fraction of sp³-hybridized carbons (Fsp3) is 0.0667. The zero-order valence-corrected chi connectivity index (χ0v) is 27.1. The first-order chi connectivity index (χ1) is 23.6. The number of para-hydroxylation sites is 5. The van der Waals surface area contributed by atoms with Crippen LogP contribution in [0.5, 0.6) is 0 Å². The van der Waals surface area contributed by atoms with Gasteiger partial charge >= 0.3 is 0 Å². The third-order valence-electron chi connectivity index (χ3n) is 9.89. The molecule has 0 saturated carbocycles. The Morgan fingerprint density at radius 1 is 0.438 bits per heavy atom. The molecule has 7 aromatic carbocycles. The molecule has 230 valence electrons. The van der Waals surface area contributed by atoms with Gasteiger partial charge in [-0.1, -0.05) is 103 Å². The van der Waals surface area contributed by atoms with Gasteiger partial charge in [0.15, 0.2) is 0 Å². The van der Waals surface area contributed by atoms with Gasteiger partial charge in [0.05, 0.1) is 16.6 Å². The van der Waals surface area contributed by atoms with Gasteiger partial charge in [-0.3, -0.25) is 0 Å². The van der Waals surface area contributed by atoms with E-state index in [9.17, 15) is 0 Å². The number of anilines is 2. The molecule has 0 amide bonds. The molecular weight excluding hydrogens is 583 g/mol. The van der Waals surface area contributed by atoms with Crippen LogP contribution in [0, 0.1) is 0 Å². The molecule has 0 unspecified atom stereocenters. The summed E-state index contributed by atoms with van der Waals surface area (Å²) in [4.78, 5) is 0. The molecule has 0 spiro atoms. The Balaban J connectivity index is 1.20. The lowest BCUT2D eigenvalue weighted by atomic mass is 9.91. The predicted octanol–water partition coefficient (Wildman–Crippen LogP) is 12.1. The molecule has 0 fully saturated rings. The summed E-state index contributed by atoms with van der Waals surface area (Å²) in [5.74, 6) is 0. The summed E-state index contributed by atoms with van der Waals surface area (Å²) in [6.45, 7) is 4.66. The van der Waals surface area contributed by atoms with Crippen molar-refractivity contribution in [3.05, 3.63) is 175 Å². The maximum atomic E-state index is 3.69. The summed E-state index contributed by atoms with van der Waals surface area (Å²) >= 11 is 0. The molecule has 9 rings (SSSR count). The van der Waals surface area contributed by atoms with E-state index >= 15 is 0 Å². The van der Waals surface area contributed by atoms with Crippen LogP contribution in [0.3, 0.4) is 0 Å². The number of hydrogen-bond donors (Lipinski definition) is 1. The zero-order chi connectivity index (χ0) is 32.2. The molecule has 9 aromatic rings. The molecule has 1 N–H and O–H groups in total. The lowest BCUT2D eigenvalue weighted by Crippen LogP contribution is -2.28. The van der Waals surface area contributed by atoms with Crippen LogP contribution in [0.4, 0.5) is 11.4 Å². The average molecular weight is 618 g/mol. The Kier molecular flexibility index (Phi) is 6.48. The first-order valence-electron chi connectivity index (χ1n) is 16.6. The Morgan fingerprint density at radius 2 is 0.938 bits per heavy atom. The second kappa shape index (κ2) is 11.0. The van der Waals surface area contributed by atoms with Gasteiger partial charge < -0.3 is 14.5 Å². The molecule has 0 aliphatic rings. The van der Waals surface area contributed by atoms with E-state index in [0.717, 1.165) is 11.4 Å². The minimum absolute atomic E-state index is 0.348. The average Bonchev–Trinajstić information content (AvgIpc) is 3.65. The molecule has 3 heteroatoms. The molecule has 48 heavy (non-hydrogen) atoms. The Hall–Kier alpha value is -6.06. The monoisotopic (exact) mass is 617 g/mol. The summed E-state index contributed by atoms with van der Waals surface area (Å²) in [5, 5.41) is 8.74. The van der Waals surface area contributed by atoms with Crippen molar-refractivity contribution in [1.29, 1.82) is 0 Å². The number of benzene rings is 7. The lowest BCUT2D eigenvalue weighted by molar-refractivity contribution is 0.466. The van der Waals surface area contributed by atoms with E-state index in [2.05, 4.69) is 198 Å². The summed E-state index contributed by atoms with van der Waals surface area (Å²) in [5.41, 5.74) is 11.6. The normalized spacial score (nSPS) is 12.0. The van der Waals surface area contributed by atoms with E-state index in [1.165, 1.54) is 66.0 Å². The van der Waals surface area contributed by atoms with Gasteiger partial charge in [0, 0.05) is 55.2 Å². The van der Waals surface area contributed by atoms with Crippen molar-refractivity contribution >= 4 is 55.0 Å². The standard InChI is InChI=1S/C45H35N3/c1-45(2,39-21-11-12-22-40(39)46-33-15-5-3-6-16-33)48-43-24-14-10-20-36(43)38-30-32(26-28-44(38)48)31-25-27-42-37(29-31)35-19-9-13-23-41(35)47(42)34-17-7-4-8-18-34/h3-30,46H,1-2H3. The molecule has 0 bridgehead atoms. The van der Waals surface area contributed by atoms with Crippen LogP contribution >= 0.6 is 0 Å². The van der Waals surface area contributed by atoms with Crippen molar-refractivity contribution in [1.82, 2.24) is 9.13 Å². The number of nitrogens with one attached hydrogen (secondary N) is 1. The van der Waals surface area contributed by atoms with Crippen molar-refractivity contribution in [3.8, 4) is 16.8 Å². The van der Waals surface area contributed by atoms with Crippen LogP contribution in [-0.4, -0.2) is 9.13 Å². The molecule has 0 saturated heterocycles. The smallest absolute Gasteiger partial charge is 0.0667 e. The quantitative estimate of drug-likeness (QED) is 0.197. The van der Waals surface area contributed by atoms with Crippen LogP contribution in [-0.2, 0) is 5.54 Å². The first kappa shape index (κ1) is 28.2. The minimum atomic E-state index is -0.348. The van der Waals surface area contributed by atoms with Gasteiger partial charge in [0.2, 0.25) is 0 Å². The third kappa shape index (κ3) is 4.43. The highest BCUT2D eigenvalue weighted by Gasteiger charge is 2.29. The molecule has 3 nitrogen and oxygen atoms in total. The van der Waals surface area contributed by atoms with E-state index in [4.69, 9.17) is 0 Å². The number of nitrogens with zero attached hydrogens (tertiary/aromatic N) is 2. The van der Waals surface area contributed by atoms with Crippen molar-refractivity contribution in [3.63, 3.8) is 0 Å². The Morgan fingerprint density at radius 3 is 1.67 bits per heavy atom. The fourth-order valence-corrected chi connectivity index (χ4v) is 7.69. The van der Waals surface area contributed by atoms with E-state index in [-0.39, 0.29) is 5.54 Å². The summed E-state index contributed by atoms with van der Waals surface area (Å²) in [6, 6.07) is 61.2. The van der Waals surface area contributed by atoms with E-state index in [0.29, 0.717) is 0 Å². The van der Waals surface area contributed by atoms with Gasteiger partial charge in [-0.2, -0.15) is 0 Å². The molecule has 0 atom stereocenters. The van der Waals surface area contributed by atoms with E-state index in [1.807, 2.05) is 0 Å². The molecule has 0 aliphatic carbocycles. The molecule has 2 aromatic heterocycles. The Labute approximate surface area is 280 Å². The maximum absolute atomic E-state index is 3.69. The van der Waals surface area contributed by atoms with Crippen LogP contribution in [0.1, 0.15) is 19.4 Å². The molecule has 0 aliphatic heterocycles. The van der Waals surface area contributed by atoms with E-state index in [1.54, 1.807) is 0 Å². The maximum Gasteiger partial charge on any atom is 0.0667 e. The summed E-state index contributed by atoms with van der Waals surface area (Å²) < 4.78 is 4.89. The number of hydrogen-bond acceptors (Lipinski definition) is 1. The molecule has 2 heterocycles. The lowest BCUT2D eigenvalue weighted by Gasteiger charge is -2.32. The van der Waals surface area contributed by atoms with Crippen LogP contribution in [0.15, 0.2) is 170 Å². The zero-order valence-electron chi connectivity index (χ0n) is 27.1. The van der Waals surface area contributed by atoms with Crippen molar-refractivity contribution < 1.29 is 0 Å². The highest BCUT2D eigenvalue weighted by Crippen LogP contribution is 2.42. The van der Waals surface area contributed by atoms with Gasteiger partial charge in [-0.25, -0.2) is 0 Å². The third-order valence-corrected chi connectivity index (χ3v) is 9.89. The fourth-order valence-electron chi connectivity index (χ4n) is 7.69. The summed E-state index contributed by atoms with van der Waals surface area (Å²) in [7, 11) is 0. The van der Waals surface area contributed by atoms with Crippen LogP contribution < -0.4 is 5.32 Å². The van der Waals surface area contributed by atoms with Gasteiger partial charge in [-0.05, 0) is 91.7 Å². The van der Waals surface area contributed by atoms with Crippen molar-refractivity contribution in [2.45, 2.75) is 19.4 Å². The minimum Gasteiger partial charge on any atom is -0.355 e. The molecular formula is C45H35N3. The van der Waals surface area contributed by atoms with Crippen molar-refractivity contribution in [2.75, 3.05) is 5.32 Å². The topological polar surface area (TPSA) is 21.9 Å². The highest BCUT2D eigenvalue weighted by molar-refractivity contribution is 6.12. The predicted molar refractivity (Wildman–Crippen MR) is 204 cm³/mol. The highest BCUT2D eigenvalue weighted by atomic mass is 15.1. The van der Waals surface area contributed by atoms with Gasteiger partial charge in [-0.15, -0.1) is 0 Å². The second-order valence-corrected chi connectivity index (χ2v) is 13.1. The van der Waals surface area contributed by atoms with Gasteiger partial charge in [0.25, 0.3) is 0 Å². The number of aromatic nitrogens is 2. The van der Waals surface area contributed by atoms with Gasteiger partial charge in [0.1, 0.15) is 0 Å². The number of rotatable bonds is 6. The second-order valence-electron chi connectivity index (χ2n) is 13.1. The summed E-state index contributed by atoms with van der Waals surface area (Å²) in [6.07, 6.45) is 0. The Bertz CT molecular complexity index is 2610. The van der Waals surface area contributed by atoms with Crippen LogP contribution in [0.25, 0.3) is 60.4 Å².